The molecule has 0 bridgehead atoms. The third-order valence-corrected chi connectivity index (χ3v) is 2.85. The lowest BCUT2D eigenvalue weighted by atomic mass is 10.1. The summed E-state index contributed by atoms with van der Waals surface area (Å²) in [6.45, 7) is 2.72. The van der Waals surface area contributed by atoms with E-state index in [1.165, 1.54) is 4.90 Å². The summed E-state index contributed by atoms with van der Waals surface area (Å²) in [5.41, 5.74) is 0.944. The average molecular weight is 233 g/mol. The van der Waals surface area contributed by atoms with E-state index in [-0.39, 0.29) is 24.9 Å². The Bertz CT molecular complexity index is 416. The molecule has 0 aliphatic carbocycles. The largest absolute Gasteiger partial charge is 0.445 e. The van der Waals surface area contributed by atoms with Crippen molar-refractivity contribution in [3.8, 4) is 0 Å². The first-order valence-corrected chi connectivity index (χ1v) is 5.65. The number of nitrogens with zero attached hydrogens (tertiary/aromatic N) is 1. The lowest BCUT2D eigenvalue weighted by molar-refractivity contribution is -0.119. The summed E-state index contributed by atoms with van der Waals surface area (Å²) in [4.78, 5) is 24.4. The molecule has 1 aliphatic rings. The van der Waals surface area contributed by atoms with E-state index in [4.69, 9.17) is 4.74 Å². The van der Waals surface area contributed by atoms with Crippen molar-refractivity contribution in [3.05, 3.63) is 35.9 Å². The molecule has 1 aromatic carbocycles. The van der Waals surface area contributed by atoms with Gasteiger partial charge in [-0.15, -0.1) is 0 Å². The maximum Gasteiger partial charge on any atom is 0.410 e. The number of rotatable bonds is 2. The number of Topliss-reactive ketones (excluding diaryl/α,β-unsaturated/α-hetero) is 1. The Balaban J connectivity index is 1.84. The number of likely N-dealkylation sites (tertiary alicyclic amines) is 1. The first-order valence-electron chi connectivity index (χ1n) is 5.65. The highest BCUT2D eigenvalue weighted by Gasteiger charge is 2.31. The fourth-order valence-electron chi connectivity index (χ4n) is 1.79. The Morgan fingerprint density at radius 3 is 2.71 bits per heavy atom. The smallest absolute Gasteiger partial charge is 0.410 e. The Morgan fingerprint density at radius 1 is 1.41 bits per heavy atom. The molecule has 17 heavy (non-hydrogen) atoms. The number of amides is 1. The zero-order chi connectivity index (χ0) is 12.3. The molecule has 1 amide bonds. The molecule has 0 unspecified atom stereocenters. The molecule has 0 aromatic heterocycles. The molecule has 1 aliphatic heterocycles. The quantitative estimate of drug-likeness (QED) is 0.783. The van der Waals surface area contributed by atoms with Gasteiger partial charge in [0.1, 0.15) is 6.61 Å². The minimum atomic E-state index is -0.411. The van der Waals surface area contributed by atoms with Crippen LogP contribution in [0.5, 0.6) is 0 Å². The number of benzene rings is 1. The molecular formula is C13H15NO3. The van der Waals surface area contributed by atoms with Crippen molar-refractivity contribution in [2.75, 3.05) is 13.1 Å². The topological polar surface area (TPSA) is 46.6 Å². The molecule has 0 radical (unpaired) electrons. The maximum atomic E-state index is 11.7. The van der Waals surface area contributed by atoms with Gasteiger partial charge in [-0.3, -0.25) is 4.79 Å². The summed E-state index contributed by atoms with van der Waals surface area (Å²) < 4.78 is 5.14. The fourth-order valence-corrected chi connectivity index (χ4v) is 1.79. The van der Waals surface area contributed by atoms with Crippen LogP contribution in [0.2, 0.25) is 0 Å². The van der Waals surface area contributed by atoms with Crippen LogP contribution in [0, 0.1) is 5.92 Å². The normalized spacial score (nSPS) is 19.5. The first kappa shape index (κ1) is 11.6. The van der Waals surface area contributed by atoms with Gasteiger partial charge in [0.25, 0.3) is 0 Å². The number of ether oxygens (including phenoxy) is 1. The monoisotopic (exact) mass is 233 g/mol. The lowest BCUT2D eigenvalue weighted by Crippen LogP contribution is -2.29. The second-order valence-electron chi connectivity index (χ2n) is 4.29. The van der Waals surface area contributed by atoms with Gasteiger partial charge >= 0.3 is 6.09 Å². The highest BCUT2D eigenvalue weighted by Crippen LogP contribution is 2.13. The van der Waals surface area contributed by atoms with Gasteiger partial charge in [-0.1, -0.05) is 37.3 Å². The van der Waals surface area contributed by atoms with Gasteiger partial charge in [-0.25, -0.2) is 4.79 Å². The second kappa shape index (κ2) is 4.99. The van der Waals surface area contributed by atoms with Gasteiger partial charge in [-0.05, 0) is 5.56 Å². The summed E-state index contributed by atoms with van der Waals surface area (Å²) >= 11 is 0. The van der Waals surface area contributed by atoms with E-state index in [0.29, 0.717) is 6.54 Å². The third kappa shape index (κ3) is 2.84. The SMILES string of the molecule is C[C@H]1CN(C(=O)OCc2ccccc2)CC1=O. The Labute approximate surface area is 100 Å². The molecule has 1 aromatic rings. The number of carbonyl (C=O) groups excluding carboxylic acids is 2. The lowest BCUT2D eigenvalue weighted by Gasteiger charge is -2.14. The highest BCUT2D eigenvalue weighted by atomic mass is 16.6. The molecule has 1 atom stereocenters. The van der Waals surface area contributed by atoms with Gasteiger partial charge in [0.2, 0.25) is 0 Å². The number of ketones is 1. The molecule has 4 heteroatoms. The Morgan fingerprint density at radius 2 is 2.12 bits per heavy atom. The summed E-state index contributed by atoms with van der Waals surface area (Å²) in [7, 11) is 0. The van der Waals surface area contributed by atoms with Gasteiger partial charge in [0.15, 0.2) is 5.78 Å². The van der Waals surface area contributed by atoms with Crippen LogP contribution in [0.3, 0.4) is 0 Å². The van der Waals surface area contributed by atoms with Crippen LogP contribution in [-0.4, -0.2) is 29.9 Å². The van der Waals surface area contributed by atoms with E-state index in [1.54, 1.807) is 0 Å². The van der Waals surface area contributed by atoms with Crippen molar-refractivity contribution in [1.29, 1.82) is 0 Å². The van der Waals surface area contributed by atoms with Crippen LogP contribution >= 0.6 is 0 Å². The van der Waals surface area contributed by atoms with E-state index < -0.39 is 6.09 Å². The molecule has 1 saturated heterocycles. The van der Waals surface area contributed by atoms with Crippen molar-refractivity contribution in [2.24, 2.45) is 5.92 Å². The van der Waals surface area contributed by atoms with Crippen LogP contribution in [0.15, 0.2) is 30.3 Å². The maximum absolute atomic E-state index is 11.7. The highest BCUT2D eigenvalue weighted by molar-refractivity contribution is 5.89. The van der Waals surface area contributed by atoms with Crippen molar-refractivity contribution in [1.82, 2.24) is 4.90 Å². The second-order valence-corrected chi connectivity index (χ2v) is 4.29. The van der Waals surface area contributed by atoms with Crippen LogP contribution in [0.1, 0.15) is 12.5 Å². The summed E-state index contributed by atoms with van der Waals surface area (Å²) in [5, 5.41) is 0. The molecule has 1 heterocycles. The van der Waals surface area contributed by atoms with Crippen LogP contribution in [-0.2, 0) is 16.1 Å². The molecule has 0 spiro atoms. The molecule has 1 fully saturated rings. The molecule has 0 saturated carbocycles. The predicted molar refractivity (Wildman–Crippen MR) is 62.4 cm³/mol. The summed E-state index contributed by atoms with van der Waals surface area (Å²) in [6, 6.07) is 9.48. The number of hydrogen-bond acceptors (Lipinski definition) is 3. The average Bonchev–Trinajstić information content (AvgIpc) is 2.68. The zero-order valence-electron chi connectivity index (χ0n) is 9.76. The minimum absolute atomic E-state index is 0.0701. The first-order chi connectivity index (χ1) is 8.16. The van der Waals surface area contributed by atoms with E-state index in [2.05, 4.69) is 0 Å². The van der Waals surface area contributed by atoms with Crippen molar-refractivity contribution >= 4 is 11.9 Å². The van der Waals surface area contributed by atoms with E-state index in [9.17, 15) is 9.59 Å². The minimum Gasteiger partial charge on any atom is -0.445 e. The summed E-state index contributed by atoms with van der Waals surface area (Å²) in [6.07, 6.45) is -0.411. The zero-order valence-corrected chi connectivity index (χ0v) is 9.76. The van der Waals surface area contributed by atoms with Crippen LogP contribution in [0.25, 0.3) is 0 Å². The van der Waals surface area contributed by atoms with Crippen molar-refractivity contribution in [3.63, 3.8) is 0 Å². The third-order valence-electron chi connectivity index (χ3n) is 2.85. The standard InChI is InChI=1S/C13H15NO3/c1-10-7-14(8-12(10)15)13(16)17-9-11-5-3-2-4-6-11/h2-6,10H,7-9H2,1H3/t10-/m0/s1. The summed E-state index contributed by atoms with van der Waals surface area (Å²) in [5.74, 6) is 0.0286. The van der Waals surface area contributed by atoms with Crippen molar-refractivity contribution in [2.45, 2.75) is 13.5 Å². The van der Waals surface area contributed by atoms with Crippen LogP contribution < -0.4 is 0 Å². The van der Waals surface area contributed by atoms with E-state index in [0.717, 1.165) is 5.56 Å². The Hall–Kier alpha value is -1.84. The van der Waals surface area contributed by atoms with Gasteiger partial charge in [0.05, 0.1) is 6.54 Å². The molecule has 90 valence electrons. The van der Waals surface area contributed by atoms with Gasteiger partial charge in [-0.2, -0.15) is 0 Å². The molecule has 4 nitrogen and oxygen atoms in total. The van der Waals surface area contributed by atoms with E-state index in [1.807, 2.05) is 37.3 Å². The van der Waals surface area contributed by atoms with Crippen LogP contribution in [0.4, 0.5) is 4.79 Å². The van der Waals surface area contributed by atoms with E-state index >= 15 is 0 Å². The molecular weight excluding hydrogens is 218 g/mol. The molecule has 0 N–H and O–H groups in total. The number of hydrogen-bond donors (Lipinski definition) is 0. The molecule has 2 rings (SSSR count). The Kier molecular flexibility index (Phi) is 3.42. The predicted octanol–water partition coefficient (Wildman–Crippen LogP) is 1.84. The van der Waals surface area contributed by atoms with Gasteiger partial charge < -0.3 is 9.64 Å². The fraction of sp³-hybridized carbons (Fsp3) is 0.385. The van der Waals surface area contributed by atoms with Crippen molar-refractivity contribution < 1.29 is 14.3 Å². The van der Waals surface area contributed by atoms with Gasteiger partial charge in [0, 0.05) is 12.5 Å². The number of carbonyl (C=O) groups is 2.